The van der Waals surface area contributed by atoms with Crippen molar-refractivity contribution >= 4 is 69.4 Å². The summed E-state index contributed by atoms with van der Waals surface area (Å²) in [5, 5.41) is 15.3. The number of carbonyl (C=O) groups excluding carboxylic acids is 3. The Kier molecular flexibility index (Phi) is 6.55. The molecule has 3 amide bonds. The van der Waals surface area contributed by atoms with Crippen LogP contribution in [0.5, 0.6) is 0 Å². The molecule has 1 aliphatic heterocycles. The first-order chi connectivity index (χ1) is 18.3. The molecule has 3 N–H and O–H groups in total. The fraction of sp³-hybridized carbons (Fsp3) is 0.0357. The molecule has 4 aromatic rings. The predicted octanol–water partition coefficient (Wildman–Crippen LogP) is 3.81. The number of carbonyl (C=O) groups is 4. The number of rotatable bonds is 6. The van der Waals surface area contributed by atoms with Crippen LogP contribution in [0.2, 0.25) is 0 Å². The zero-order chi connectivity index (χ0) is 26.8. The van der Waals surface area contributed by atoms with Gasteiger partial charge in [-0.3, -0.25) is 24.6 Å². The van der Waals surface area contributed by atoms with E-state index in [4.69, 9.17) is 12.2 Å². The maximum atomic E-state index is 13.4. The van der Waals surface area contributed by atoms with Gasteiger partial charge in [-0.25, -0.2) is 4.79 Å². The summed E-state index contributed by atoms with van der Waals surface area (Å²) in [4.78, 5) is 51.5. The van der Waals surface area contributed by atoms with Crippen molar-refractivity contribution < 1.29 is 24.3 Å². The number of aromatic nitrogens is 1. The second kappa shape index (κ2) is 10.1. The fourth-order valence-corrected chi connectivity index (χ4v) is 4.50. The quantitative estimate of drug-likeness (QED) is 0.200. The summed E-state index contributed by atoms with van der Waals surface area (Å²) < 4.78 is 1.74. The van der Waals surface area contributed by atoms with Gasteiger partial charge < -0.3 is 15.0 Å². The highest BCUT2D eigenvalue weighted by Gasteiger charge is 2.35. The zero-order valence-electron chi connectivity index (χ0n) is 19.8. The van der Waals surface area contributed by atoms with Crippen LogP contribution in [-0.2, 0) is 20.9 Å². The van der Waals surface area contributed by atoms with Crippen molar-refractivity contribution in [3.8, 4) is 0 Å². The Hall–Kier alpha value is -5.09. The molecule has 0 radical (unpaired) electrons. The molecule has 0 spiro atoms. The van der Waals surface area contributed by atoms with E-state index in [1.807, 2.05) is 42.5 Å². The topological polar surface area (TPSA) is 121 Å². The molecular weight excluding hydrogens is 504 g/mol. The molecule has 5 rings (SSSR count). The minimum Gasteiger partial charge on any atom is -0.478 e. The maximum absolute atomic E-state index is 13.4. The third-order valence-electron chi connectivity index (χ3n) is 5.94. The van der Waals surface area contributed by atoms with Crippen LogP contribution < -0.4 is 15.5 Å². The van der Waals surface area contributed by atoms with E-state index in [1.54, 1.807) is 22.9 Å². The van der Waals surface area contributed by atoms with E-state index in [0.29, 0.717) is 11.3 Å². The number of fused-ring (bicyclic) bond motifs is 1. The Balaban J connectivity index is 1.49. The van der Waals surface area contributed by atoms with Gasteiger partial charge in [0.1, 0.15) is 12.1 Å². The number of hydrogen-bond acceptors (Lipinski definition) is 5. The molecule has 188 valence electrons. The van der Waals surface area contributed by atoms with Gasteiger partial charge >= 0.3 is 5.97 Å². The molecule has 0 aliphatic carbocycles. The van der Waals surface area contributed by atoms with Crippen molar-refractivity contribution in [1.82, 2.24) is 9.88 Å². The molecule has 1 saturated heterocycles. The Labute approximate surface area is 222 Å². The monoisotopic (exact) mass is 524 g/mol. The van der Waals surface area contributed by atoms with E-state index >= 15 is 0 Å². The van der Waals surface area contributed by atoms with Crippen LogP contribution in [-0.4, -0.2) is 38.5 Å². The van der Waals surface area contributed by atoms with Gasteiger partial charge in [-0.05, 0) is 54.7 Å². The van der Waals surface area contributed by atoms with E-state index < -0.39 is 17.8 Å². The van der Waals surface area contributed by atoms with Crippen LogP contribution >= 0.6 is 12.2 Å². The lowest BCUT2D eigenvalue weighted by Crippen LogP contribution is -2.54. The van der Waals surface area contributed by atoms with Crippen LogP contribution in [0.15, 0.2) is 90.6 Å². The number of thiocarbonyl (C=S) groups is 1. The smallest absolute Gasteiger partial charge is 0.335 e. The number of carboxylic acids is 1. The fourth-order valence-electron chi connectivity index (χ4n) is 4.22. The molecule has 0 unspecified atom stereocenters. The van der Waals surface area contributed by atoms with E-state index in [-0.39, 0.29) is 34.4 Å². The predicted molar refractivity (Wildman–Crippen MR) is 147 cm³/mol. The van der Waals surface area contributed by atoms with Gasteiger partial charge in [-0.2, -0.15) is 0 Å². The maximum Gasteiger partial charge on any atom is 0.335 e. The molecule has 3 aromatic carbocycles. The van der Waals surface area contributed by atoms with Crippen molar-refractivity contribution in [3.05, 3.63) is 102 Å². The normalized spacial score (nSPS) is 14.6. The van der Waals surface area contributed by atoms with Crippen LogP contribution in [0.4, 0.5) is 11.4 Å². The van der Waals surface area contributed by atoms with Gasteiger partial charge in [0.2, 0.25) is 5.91 Å². The van der Waals surface area contributed by atoms with Gasteiger partial charge in [0.15, 0.2) is 5.11 Å². The van der Waals surface area contributed by atoms with Crippen molar-refractivity contribution in [3.63, 3.8) is 0 Å². The van der Waals surface area contributed by atoms with Gasteiger partial charge in [0.25, 0.3) is 11.8 Å². The van der Waals surface area contributed by atoms with E-state index in [1.165, 1.54) is 30.3 Å². The number of benzene rings is 3. The first-order valence-electron chi connectivity index (χ1n) is 11.5. The lowest BCUT2D eigenvalue weighted by Gasteiger charge is -2.29. The summed E-state index contributed by atoms with van der Waals surface area (Å²) in [5.74, 6) is -2.77. The standard InChI is InChI=1S/C28H20N4O5S/c33-24(29-19-8-2-1-3-9-19)16-31-15-18(21-11-4-5-12-23(21)31)14-22-25(34)30-28(38)32(26(22)35)20-10-6-7-17(13-20)27(36)37/h1-15H,16H2,(H,29,33)(H,36,37)(H,30,34,38). The van der Waals surface area contributed by atoms with Gasteiger partial charge in [-0.15, -0.1) is 0 Å². The van der Waals surface area contributed by atoms with Gasteiger partial charge in [0, 0.05) is 28.4 Å². The number of hydrogen-bond donors (Lipinski definition) is 3. The minimum absolute atomic E-state index is 0.0108. The lowest BCUT2D eigenvalue weighted by atomic mass is 10.1. The molecular formula is C28H20N4O5S. The molecule has 1 aliphatic rings. The number of nitrogens with zero attached hydrogens (tertiary/aromatic N) is 2. The largest absolute Gasteiger partial charge is 0.478 e. The average molecular weight is 525 g/mol. The third kappa shape index (κ3) is 4.80. The second-order valence-electron chi connectivity index (χ2n) is 8.46. The summed E-state index contributed by atoms with van der Waals surface area (Å²) in [7, 11) is 0. The third-order valence-corrected chi connectivity index (χ3v) is 6.23. The Bertz CT molecular complexity index is 1660. The molecule has 9 nitrogen and oxygen atoms in total. The van der Waals surface area contributed by atoms with Crippen LogP contribution in [0.1, 0.15) is 15.9 Å². The number of anilines is 2. The first kappa shape index (κ1) is 24.6. The molecule has 0 saturated carbocycles. The highest BCUT2D eigenvalue weighted by atomic mass is 32.1. The molecule has 0 atom stereocenters. The summed E-state index contributed by atoms with van der Waals surface area (Å²) in [6, 6.07) is 22.1. The first-order valence-corrected chi connectivity index (χ1v) is 11.9. The van der Waals surface area contributed by atoms with E-state index in [9.17, 15) is 24.3 Å². The highest BCUT2D eigenvalue weighted by molar-refractivity contribution is 7.80. The van der Waals surface area contributed by atoms with Gasteiger partial charge in [0.05, 0.1) is 11.3 Å². The van der Waals surface area contributed by atoms with Crippen LogP contribution in [0.25, 0.3) is 17.0 Å². The Morgan fingerprint density at radius 1 is 0.974 bits per heavy atom. The molecule has 10 heteroatoms. The molecule has 2 heterocycles. The van der Waals surface area contributed by atoms with E-state index in [2.05, 4.69) is 10.6 Å². The SMILES string of the molecule is O=C(Cn1cc(C=C2C(=O)NC(=S)N(c3cccc(C(=O)O)c3)C2=O)c2ccccc21)Nc1ccccc1. The minimum atomic E-state index is -1.16. The van der Waals surface area contributed by atoms with Crippen molar-refractivity contribution in [2.45, 2.75) is 6.54 Å². The van der Waals surface area contributed by atoms with Crippen molar-refractivity contribution in [1.29, 1.82) is 0 Å². The van der Waals surface area contributed by atoms with Crippen molar-refractivity contribution in [2.75, 3.05) is 10.2 Å². The second-order valence-corrected chi connectivity index (χ2v) is 8.84. The summed E-state index contributed by atoms with van der Waals surface area (Å²) in [6.07, 6.45) is 3.15. The molecule has 1 aromatic heterocycles. The summed E-state index contributed by atoms with van der Waals surface area (Å²) in [5.41, 5.74) is 1.97. The zero-order valence-corrected chi connectivity index (χ0v) is 20.6. The Morgan fingerprint density at radius 3 is 2.47 bits per heavy atom. The number of para-hydroxylation sites is 2. The average Bonchev–Trinajstić information content (AvgIpc) is 3.24. The summed E-state index contributed by atoms with van der Waals surface area (Å²) >= 11 is 5.22. The molecule has 38 heavy (non-hydrogen) atoms. The molecule has 0 bridgehead atoms. The molecule has 1 fully saturated rings. The number of nitrogens with one attached hydrogen (secondary N) is 2. The van der Waals surface area contributed by atoms with Gasteiger partial charge in [-0.1, -0.05) is 42.5 Å². The Morgan fingerprint density at radius 2 is 1.71 bits per heavy atom. The highest BCUT2D eigenvalue weighted by Crippen LogP contribution is 2.27. The number of carboxylic acid groups (broad SMARTS) is 1. The number of amides is 3. The van der Waals surface area contributed by atoms with Crippen LogP contribution in [0.3, 0.4) is 0 Å². The van der Waals surface area contributed by atoms with Crippen LogP contribution in [0, 0.1) is 0 Å². The lowest BCUT2D eigenvalue weighted by molar-refractivity contribution is -0.122. The number of aromatic carboxylic acids is 1. The van der Waals surface area contributed by atoms with E-state index in [0.717, 1.165) is 15.8 Å². The summed E-state index contributed by atoms with van der Waals surface area (Å²) in [6.45, 7) is 0.0108. The van der Waals surface area contributed by atoms with Crippen molar-refractivity contribution in [2.24, 2.45) is 0 Å².